The molecule has 2 N–H and O–H groups in total. The predicted octanol–water partition coefficient (Wildman–Crippen LogP) is 4.00. The van der Waals surface area contributed by atoms with Crippen molar-refractivity contribution in [2.75, 3.05) is 6.67 Å². The van der Waals surface area contributed by atoms with Crippen LogP contribution in [0.5, 0.6) is 0 Å². The maximum Gasteiger partial charge on any atom is 0.416 e. The van der Waals surface area contributed by atoms with Gasteiger partial charge in [-0.2, -0.15) is 13.2 Å². The summed E-state index contributed by atoms with van der Waals surface area (Å²) in [4.78, 5) is 0. The molecule has 1 atom stereocenters. The van der Waals surface area contributed by atoms with Gasteiger partial charge in [-0.25, -0.2) is 4.39 Å². The summed E-state index contributed by atoms with van der Waals surface area (Å²) in [5.74, 6) is 0. The molecule has 2 aromatic carbocycles. The molecule has 0 fully saturated rings. The molecular weight excluding hydrogens is 310 g/mol. The van der Waals surface area contributed by atoms with E-state index in [0.29, 0.717) is 12.1 Å². The van der Waals surface area contributed by atoms with E-state index in [2.05, 4.69) is 5.32 Å². The average Bonchev–Trinajstić information content (AvgIpc) is 2.55. The third kappa shape index (κ3) is 4.77. The minimum Gasteiger partial charge on any atom is -0.392 e. The summed E-state index contributed by atoms with van der Waals surface area (Å²) in [7, 11) is 0. The Morgan fingerprint density at radius 2 is 1.65 bits per heavy atom. The Morgan fingerprint density at radius 1 is 1.00 bits per heavy atom. The number of aliphatic hydroxyl groups is 1. The van der Waals surface area contributed by atoms with Crippen LogP contribution >= 0.6 is 0 Å². The largest absolute Gasteiger partial charge is 0.416 e. The molecule has 0 radical (unpaired) electrons. The van der Waals surface area contributed by atoms with Gasteiger partial charge in [0.05, 0.1) is 18.2 Å². The van der Waals surface area contributed by atoms with E-state index in [-0.39, 0.29) is 6.61 Å². The van der Waals surface area contributed by atoms with Gasteiger partial charge in [0.1, 0.15) is 6.67 Å². The second-order valence-corrected chi connectivity index (χ2v) is 5.19. The minimum atomic E-state index is -4.40. The molecule has 6 heteroatoms. The van der Waals surface area contributed by atoms with Gasteiger partial charge in [-0.05, 0) is 28.8 Å². The van der Waals surface area contributed by atoms with Crippen molar-refractivity contribution in [3.63, 3.8) is 0 Å². The summed E-state index contributed by atoms with van der Waals surface area (Å²) in [6.45, 7) is -0.464. The highest BCUT2D eigenvalue weighted by Crippen LogP contribution is 2.30. The van der Waals surface area contributed by atoms with Gasteiger partial charge in [0.15, 0.2) is 0 Å². The molecule has 0 aromatic heterocycles. The number of hydrogen-bond acceptors (Lipinski definition) is 2. The fourth-order valence-electron chi connectivity index (χ4n) is 2.24. The topological polar surface area (TPSA) is 32.3 Å². The van der Waals surface area contributed by atoms with Crippen molar-refractivity contribution < 1.29 is 22.7 Å². The Bertz CT molecular complexity index is 625. The first kappa shape index (κ1) is 17.4. The van der Waals surface area contributed by atoms with Crippen molar-refractivity contribution in [3.8, 4) is 0 Å². The van der Waals surface area contributed by atoms with Crippen molar-refractivity contribution in [1.29, 1.82) is 0 Å². The molecule has 2 nitrogen and oxygen atoms in total. The van der Waals surface area contributed by atoms with Gasteiger partial charge in [-0.15, -0.1) is 0 Å². The van der Waals surface area contributed by atoms with E-state index in [1.54, 1.807) is 18.2 Å². The van der Waals surface area contributed by atoms with E-state index >= 15 is 0 Å². The summed E-state index contributed by atoms with van der Waals surface area (Å²) < 4.78 is 50.8. The van der Waals surface area contributed by atoms with E-state index < -0.39 is 24.5 Å². The van der Waals surface area contributed by atoms with Gasteiger partial charge >= 0.3 is 6.18 Å². The van der Waals surface area contributed by atoms with Crippen LogP contribution in [0.2, 0.25) is 0 Å². The molecule has 2 rings (SSSR count). The summed E-state index contributed by atoms with van der Waals surface area (Å²) in [5.41, 5.74) is 1.31. The second kappa shape index (κ2) is 7.57. The molecule has 0 bridgehead atoms. The molecule has 124 valence electrons. The molecule has 23 heavy (non-hydrogen) atoms. The van der Waals surface area contributed by atoms with Crippen LogP contribution in [-0.4, -0.2) is 11.8 Å². The lowest BCUT2D eigenvalue weighted by Gasteiger charge is -2.17. The van der Waals surface area contributed by atoms with Crippen LogP contribution in [0.1, 0.15) is 28.3 Å². The first-order chi connectivity index (χ1) is 10.9. The van der Waals surface area contributed by atoms with Gasteiger partial charge in [0.25, 0.3) is 0 Å². The Kier molecular flexibility index (Phi) is 5.74. The van der Waals surface area contributed by atoms with Gasteiger partial charge in [0, 0.05) is 6.54 Å². The highest BCUT2D eigenvalue weighted by atomic mass is 19.4. The molecule has 1 unspecified atom stereocenters. The van der Waals surface area contributed by atoms with Gasteiger partial charge in [-0.1, -0.05) is 36.4 Å². The lowest BCUT2D eigenvalue weighted by molar-refractivity contribution is -0.137. The second-order valence-electron chi connectivity index (χ2n) is 5.19. The molecule has 0 heterocycles. The van der Waals surface area contributed by atoms with E-state index in [4.69, 9.17) is 5.11 Å². The van der Waals surface area contributed by atoms with E-state index in [1.165, 1.54) is 12.1 Å². The summed E-state index contributed by atoms with van der Waals surface area (Å²) in [6, 6.07) is 10.9. The Hall–Kier alpha value is -1.92. The number of nitrogens with one attached hydrogen (secondary N) is 1. The predicted molar refractivity (Wildman–Crippen MR) is 79.4 cm³/mol. The quantitative estimate of drug-likeness (QED) is 0.786. The number of aliphatic hydroxyl groups excluding tert-OH is 1. The average molecular weight is 327 g/mol. The van der Waals surface area contributed by atoms with Crippen molar-refractivity contribution in [1.82, 2.24) is 5.32 Å². The van der Waals surface area contributed by atoms with Crippen molar-refractivity contribution in [3.05, 3.63) is 70.8 Å². The fraction of sp³-hybridized carbons (Fsp3) is 0.294. The van der Waals surface area contributed by atoms with Crippen LogP contribution < -0.4 is 5.32 Å². The monoisotopic (exact) mass is 327 g/mol. The SMILES string of the molecule is OCc1cccc(CNC(CF)c2ccc(C(F)(F)F)cc2)c1. The summed E-state index contributed by atoms with van der Waals surface area (Å²) in [5, 5.41) is 12.1. The Labute approximate surface area is 131 Å². The molecule has 0 saturated carbocycles. The molecule has 0 aliphatic heterocycles. The highest BCUT2D eigenvalue weighted by molar-refractivity contribution is 5.27. The Balaban J connectivity index is 2.04. The third-order valence-electron chi connectivity index (χ3n) is 3.52. The number of alkyl halides is 4. The zero-order valence-corrected chi connectivity index (χ0v) is 12.3. The van der Waals surface area contributed by atoms with Crippen LogP contribution in [0.3, 0.4) is 0 Å². The van der Waals surface area contributed by atoms with Crippen molar-refractivity contribution >= 4 is 0 Å². The van der Waals surface area contributed by atoms with Crippen molar-refractivity contribution in [2.24, 2.45) is 0 Å². The van der Waals surface area contributed by atoms with Crippen LogP contribution in [0.4, 0.5) is 17.6 Å². The zero-order chi connectivity index (χ0) is 16.9. The van der Waals surface area contributed by atoms with Crippen LogP contribution in [0.25, 0.3) is 0 Å². The lowest BCUT2D eigenvalue weighted by atomic mass is 10.0. The zero-order valence-electron chi connectivity index (χ0n) is 12.3. The molecule has 0 aliphatic rings. The number of hydrogen-bond donors (Lipinski definition) is 2. The number of rotatable bonds is 6. The van der Waals surface area contributed by atoms with Crippen LogP contribution in [0, 0.1) is 0 Å². The number of halogens is 4. The maximum absolute atomic E-state index is 13.2. The highest BCUT2D eigenvalue weighted by Gasteiger charge is 2.30. The van der Waals surface area contributed by atoms with Gasteiger partial charge in [-0.3, -0.25) is 0 Å². The molecule has 0 amide bonds. The third-order valence-corrected chi connectivity index (χ3v) is 3.52. The first-order valence-electron chi connectivity index (χ1n) is 7.09. The summed E-state index contributed by atoms with van der Waals surface area (Å²) >= 11 is 0. The van der Waals surface area contributed by atoms with E-state index in [1.807, 2.05) is 6.07 Å². The Morgan fingerprint density at radius 3 is 2.22 bits per heavy atom. The van der Waals surface area contributed by atoms with E-state index in [9.17, 15) is 17.6 Å². The van der Waals surface area contributed by atoms with Crippen LogP contribution in [-0.2, 0) is 19.3 Å². The van der Waals surface area contributed by atoms with Gasteiger partial charge in [0.2, 0.25) is 0 Å². The standard InChI is InChI=1S/C17H17F4NO/c18-9-16(14-4-6-15(7-5-14)17(19,20)21)22-10-12-2-1-3-13(8-12)11-23/h1-8,16,22-23H,9-11H2. The minimum absolute atomic E-state index is 0.0840. The summed E-state index contributed by atoms with van der Waals surface area (Å²) in [6.07, 6.45) is -4.40. The molecule has 0 aliphatic carbocycles. The maximum atomic E-state index is 13.2. The van der Waals surface area contributed by atoms with Crippen LogP contribution in [0.15, 0.2) is 48.5 Å². The van der Waals surface area contributed by atoms with Gasteiger partial charge < -0.3 is 10.4 Å². The normalized spacial score (nSPS) is 13.1. The molecule has 2 aromatic rings. The first-order valence-corrected chi connectivity index (χ1v) is 7.09. The fourth-order valence-corrected chi connectivity index (χ4v) is 2.24. The molecule has 0 saturated heterocycles. The molecular formula is C17H17F4NO. The van der Waals surface area contributed by atoms with Crippen molar-refractivity contribution in [2.45, 2.75) is 25.4 Å². The van der Waals surface area contributed by atoms with E-state index in [0.717, 1.165) is 23.3 Å². The number of benzene rings is 2. The molecule has 0 spiro atoms. The lowest BCUT2D eigenvalue weighted by Crippen LogP contribution is -2.22. The smallest absolute Gasteiger partial charge is 0.392 e.